The van der Waals surface area contributed by atoms with Gasteiger partial charge in [0.05, 0.1) is 0 Å². The van der Waals surface area contributed by atoms with Crippen molar-refractivity contribution in [2.75, 3.05) is 0 Å². The molecule has 0 saturated carbocycles. The Morgan fingerprint density at radius 3 is 0.444 bits per heavy atom. The topological polar surface area (TPSA) is 0 Å². The zero-order valence-corrected chi connectivity index (χ0v) is 13.8. The average Bonchev–Trinajstić information content (AvgIpc) is 1.70. The fourth-order valence-corrected chi connectivity index (χ4v) is 0. The van der Waals surface area contributed by atoms with E-state index in [4.69, 9.17) is 0 Å². The molecule has 0 aromatic carbocycles. The Morgan fingerprint density at radius 1 is 0.444 bits per heavy atom. The molecule has 9 heavy (non-hydrogen) atoms. The van der Waals surface area contributed by atoms with Crippen LogP contribution in [0.1, 0.15) is 0 Å². The van der Waals surface area contributed by atoms with Crippen LogP contribution in [0.5, 0.6) is 0 Å². The predicted octanol–water partition coefficient (Wildman–Crippen LogP) is 2.36. The molecule has 0 fully saturated rings. The van der Waals surface area contributed by atoms with Crippen molar-refractivity contribution in [1.82, 2.24) is 0 Å². The van der Waals surface area contributed by atoms with E-state index in [1.54, 1.807) is 0 Å². The third-order valence-electron chi connectivity index (χ3n) is 0. The Hall–Kier alpha value is 1.63. The van der Waals surface area contributed by atoms with Crippen LogP contribution < -0.4 is 0 Å². The van der Waals surface area contributed by atoms with Gasteiger partial charge in [-0.25, -0.2) is 0 Å². The minimum absolute atomic E-state index is 0.500. The summed E-state index contributed by atoms with van der Waals surface area (Å²) in [5.41, 5.74) is 0. The number of hydrogen-bond acceptors (Lipinski definition) is 0. The van der Waals surface area contributed by atoms with Crippen LogP contribution in [0.2, 0.25) is 34.5 Å². The Labute approximate surface area is 80.4 Å². The molecule has 0 N–H and O–H groups in total. The molecule has 0 amide bonds. The van der Waals surface area contributed by atoms with Crippen molar-refractivity contribution in [3.63, 3.8) is 0 Å². The summed E-state index contributed by atoms with van der Waals surface area (Å²) in [4.78, 5) is 0. The summed E-state index contributed by atoms with van der Waals surface area (Å²) in [5.74, 6) is 13.5. The first kappa shape index (κ1) is 16.9. The summed E-state index contributed by atoms with van der Waals surface area (Å²) >= 11 is 1.50. The Bertz CT molecular complexity index is 13.0. The van der Waals surface area contributed by atoms with Gasteiger partial charge in [-0.2, -0.15) is 0 Å². The van der Waals surface area contributed by atoms with Gasteiger partial charge in [0.15, 0.2) is 0 Å². The molecule has 0 atom stereocenters. The molecule has 0 spiro atoms. The Kier molecular flexibility index (Phi) is 63.0. The van der Waals surface area contributed by atoms with Gasteiger partial charge in [-0.05, 0) is 0 Å². The molecule has 0 heterocycles. The molecular weight excluding hydrogens is 290 g/mol. The molecule has 0 aliphatic rings. The second-order valence-electron chi connectivity index (χ2n) is 1.50. The predicted molar refractivity (Wildman–Crippen MR) is 52.4 cm³/mol. The fourth-order valence-electron chi connectivity index (χ4n) is 0. The van der Waals surface area contributed by atoms with Gasteiger partial charge in [-0.15, -0.1) is 0 Å². The van der Waals surface area contributed by atoms with E-state index in [-0.39, 0.29) is 0 Å². The van der Waals surface area contributed by atoms with Gasteiger partial charge in [0.25, 0.3) is 0 Å². The van der Waals surface area contributed by atoms with Gasteiger partial charge in [-0.3, -0.25) is 0 Å². The molecule has 0 aliphatic heterocycles. The zero-order chi connectivity index (χ0) is 8.12. The molecule has 0 aliphatic carbocycles. The molecule has 0 unspecified atom stereocenters. The van der Waals surface area contributed by atoms with E-state index < -0.39 is 0 Å². The molecule has 6 radical (unpaired) electrons. The van der Waals surface area contributed by atoms with Crippen LogP contribution in [0.15, 0.2) is 0 Å². The summed E-state index contributed by atoms with van der Waals surface area (Å²) in [6, 6.07) is 0. The molecule has 0 rings (SSSR count). The van der Waals surface area contributed by atoms with Gasteiger partial charge >= 0.3 is 80.8 Å². The van der Waals surface area contributed by atoms with Crippen LogP contribution in [-0.4, -0.2) is 46.3 Å². The third-order valence-corrected chi connectivity index (χ3v) is 0. The normalized spacial score (nSPS) is 6.00. The molecule has 0 nitrogen and oxygen atoms in total. The number of rotatable bonds is 0. The van der Waals surface area contributed by atoms with Gasteiger partial charge < -0.3 is 0 Å². The van der Waals surface area contributed by atoms with Crippen LogP contribution in [0.4, 0.5) is 0 Å². The molecule has 54 valence electrons. The van der Waals surface area contributed by atoms with E-state index in [1.807, 2.05) is 0 Å². The summed E-state index contributed by atoms with van der Waals surface area (Å²) in [6.45, 7) is 0. The van der Waals surface area contributed by atoms with E-state index in [2.05, 4.69) is 34.5 Å². The van der Waals surface area contributed by atoms with Crippen LogP contribution >= 0.6 is 0 Å². The molecule has 0 aromatic heterocycles. The van der Waals surface area contributed by atoms with Crippen LogP contribution in [0.25, 0.3) is 0 Å². The summed E-state index contributed by atoms with van der Waals surface area (Å²) in [6.07, 6.45) is 0. The maximum absolute atomic E-state index is 2.25. The van der Waals surface area contributed by atoms with E-state index in [0.29, 0.717) is 46.3 Å². The summed E-state index contributed by atoms with van der Waals surface area (Å²) in [5, 5.41) is 0. The molecular formula is C6H18Ge3. The van der Waals surface area contributed by atoms with E-state index in [9.17, 15) is 0 Å². The fraction of sp³-hybridized carbons (Fsp3) is 1.00. The monoisotopic (exact) mass is 312 g/mol. The maximum atomic E-state index is 2.25. The van der Waals surface area contributed by atoms with Crippen LogP contribution in [0, 0.1) is 0 Å². The van der Waals surface area contributed by atoms with Crippen molar-refractivity contribution in [2.45, 2.75) is 34.5 Å². The van der Waals surface area contributed by atoms with Crippen molar-refractivity contribution >= 4 is 46.3 Å². The van der Waals surface area contributed by atoms with Crippen LogP contribution in [-0.2, 0) is 0 Å². The summed E-state index contributed by atoms with van der Waals surface area (Å²) in [7, 11) is 0. The van der Waals surface area contributed by atoms with Crippen molar-refractivity contribution in [3.8, 4) is 0 Å². The van der Waals surface area contributed by atoms with Crippen molar-refractivity contribution in [3.05, 3.63) is 0 Å². The van der Waals surface area contributed by atoms with Crippen LogP contribution in [0.3, 0.4) is 0 Å². The van der Waals surface area contributed by atoms with Crippen molar-refractivity contribution in [1.29, 1.82) is 0 Å². The second-order valence-corrected chi connectivity index (χ2v) is 7.79. The quantitative estimate of drug-likeness (QED) is 0.603. The molecule has 0 saturated heterocycles. The van der Waals surface area contributed by atoms with Gasteiger partial charge in [0.1, 0.15) is 0 Å². The van der Waals surface area contributed by atoms with Crippen molar-refractivity contribution in [2.24, 2.45) is 0 Å². The zero-order valence-electron chi connectivity index (χ0n) is 7.50. The Morgan fingerprint density at radius 2 is 0.444 bits per heavy atom. The van der Waals surface area contributed by atoms with E-state index in [0.717, 1.165) is 0 Å². The molecule has 0 aromatic rings. The first-order valence-corrected chi connectivity index (χ1v) is 15.6. The third kappa shape index (κ3) is 211. The number of hydrogen-bond donors (Lipinski definition) is 0. The van der Waals surface area contributed by atoms with Gasteiger partial charge in [0.2, 0.25) is 0 Å². The van der Waals surface area contributed by atoms with E-state index >= 15 is 0 Å². The van der Waals surface area contributed by atoms with Gasteiger partial charge in [0, 0.05) is 0 Å². The van der Waals surface area contributed by atoms with Crippen molar-refractivity contribution < 1.29 is 0 Å². The first-order chi connectivity index (χ1) is 4.24. The van der Waals surface area contributed by atoms with Gasteiger partial charge in [-0.1, -0.05) is 0 Å². The Balaban J connectivity index is -0.0000000600. The second kappa shape index (κ2) is 33.5. The molecule has 3 heteroatoms. The SMILES string of the molecule is [CH3][Ge][CH3].[CH3][Ge][CH3].[CH3][Ge][CH3]. The first-order valence-electron chi connectivity index (χ1n) is 3.00. The molecule has 0 bridgehead atoms. The minimum atomic E-state index is 0.500. The summed E-state index contributed by atoms with van der Waals surface area (Å²) < 4.78 is 0. The average molecular weight is 308 g/mol. The van der Waals surface area contributed by atoms with E-state index in [1.165, 1.54) is 0 Å². The standard InChI is InChI=1S/3C2H6Ge/c3*1-3-2/h3*1-2H3.